The van der Waals surface area contributed by atoms with Crippen LogP contribution in [0.1, 0.15) is 37.5 Å². The number of hydrogen-bond donors (Lipinski definition) is 1. The van der Waals surface area contributed by atoms with Gasteiger partial charge in [-0.3, -0.25) is 0 Å². The van der Waals surface area contributed by atoms with Crippen molar-refractivity contribution in [3.8, 4) is 0 Å². The number of benzene rings is 1. The van der Waals surface area contributed by atoms with Gasteiger partial charge in [0.15, 0.2) is 0 Å². The summed E-state index contributed by atoms with van der Waals surface area (Å²) in [5, 5.41) is 10.1. The predicted octanol–water partition coefficient (Wildman–Crippen LogP) is 3.74. The Balaban J connectivity index is 2.56. The molecule has 0 spiro atoms. The third-order valence-corrected chi connectivity index (χ3v) is 4.09. The van der Waals surface area contributed by atoms with Crippen LogP contribution >= 0.6 is 11.8 Å². The van der Waals surface area contributed by atoms with Crippen molar-refractivity contribution >= 4 is 11.8 Å². The Morgan fingerprint density at radius 1 is 1.24 bits per heavy atom. The Morgan fingerprint density at radius 2 is 1.88 bits per heavy atom. The normalized spacial score (nSPS) is 13.8. The highest BCUT2D eigenvalue weighted by molar-refractivity contribution is 8.00. The fraction of sp³-hybridized carbons (Fsp3) is 0.600. The van der Waals surface area contributed by atoms with E-state index in [1.165, 1.54) is 16.7 Å². The summed E-state index contributed by atoms with van der Waals surface area (Å²) in [6, 6.07) is 6.43. The van der Waals surface area contributed by atoms with E-state index in [4.69, 9.17) is 0 Å². The van der Waals surface area contributed by atoms with Gasteiger partial charge in [0.25, 0.3) is 0 Å². The van der Waals surface area contributed by atoms with Crippen molar-refractivity contribution in [3.05, 3.63) is 34.9 Å². The van der Waals surface area contributed by atoms with E-state index in [0.717, 1.165) is 12.2 Å². The summed E-state index contributed by atoms with van der Waals surface area (Å²) in [7, 11) is 0. The minimum Gasteiger partial charge on any atom is -0.392 e. The third kappa shape index (κ3) is 5.60. The second kappa shape index (κ2) is 5.92. The van der Waals surface area contributed by atoms with Gasteiger partial charge in [-0.1, -0.05) is 44.5 Å². The van der Waals surface area contributed by atoms with Crippen molar-refractivity contribution in [2.75, 3.05) is 5.75 Å². The van der Waals surface area contributed by atoms with Crippen LogP contribution in [0.25, 0.3) is 0 Å². The van der Waals surface area contributed by atoms with Gasteiger partial charge in [0, 0.05) is 10.5 Å². The molecule has 1 aromatic carbocycles. The molecule has 0 aliphatic heterocycles. The highest BCUT2D eigenvalue weighted by atomic mass is 32.2. The quantitative estimate of drug-likeness (QED) is 0.881. The largest absolute Gasteiger partial charge is 0.392 e. The van der Waals surface area contributed by atoms with Crippen LogP contribution in [0, 0.1) is 13.8 Å². The molecule has 0 amide bonds. The van der Waals surface area contributed by atoms with Crippen LogP contribution in [0.2, 0.25) is 0 Å². The van der Waals surface area contributed by atoms with E-state index >= 15 is 0 Å². The molecule has 0 fully saturated rings. The van der Waals surface area contributed by atoms with Gasteiger partial charge in [0.2, 0.25) is 0 Å². The van der Waals surface area contributed by atoms with Gasteiger partial charge in [-0.15, -0.1) is 0 Å². The first kappa shape index (κ1) is 14.6. The number of aliphatic hydroxyl groups excluding tert-OH is 1. The van der Waals surface area contributed by atoms with Crippen LogP contribution in [0.5, 0.6) is 0 Å². The fourth-order valence-corrected chi connectivity index (χ4v) is 2.49. The van der Waals surface area contributed by atoms with Gasteiger partial charge in [0.05, 0.1) is 6.10 Å². The molecule has 0 aromatic heterocycles. The molecule has 0 saturated carbocycles. The zero-order valence-electron chi connectivity index (χ0n) is 11.6. The lowest BCUT2D eigenvalue weighted by Crippen LogP contribution is -2.19. The second-order valence-electron chi connectivity index (χ2n) is 5.71. The number of aryl methyl sites for hydroxylation is 2. The minimum absolute atomic E-state index is 0.225. The molecule has 1 unspecified atom stereocenters. The van der Waals surface area contributed by atoms with Crippen LogP contribution in [0.4, 0.5) is 0 Å². The SMILES string of the molecule is Cc1ccc(C)c(CC(O)CSC(C)(C)C)c1. The molecule has 1 N–H and O–H groups in total. The summed E-state index contributed by atoms with van der Waals surface area (Å²) < 4.78 is 0.225. The van der Waals surface area contributed by atoms with Crippen LogP contribution in [-0.4, -0.2) is 21.7 Å². The Bertz CT molecular complexity index is 366. The fourth-order valence-electron chi connectivity index (χ4n) is 1.68. The van der Waals surface area contributed by atoms with E-state index < -0.39 is 0 Å². The van der Waals surface area contributed by atoms with E-state index in [1.54, 1.807) is 0 Å². The molecule has 1 aromatic rings. The molecule has 0 aliphatic rings. The summed E-state index contributed by atoms with van der Waals surface area (Å²) in [5.41, 5.74) is 3.81. The molecule has 96 valence electrons. The average Bonchev–Trinajstić information content (AvgIpc) is 2.20. The van der Waals surface area contributed by atoms with Gasteiger partial charge < -0.3 is 5.11 Å². The van der Waals surface area contributed by atoms with Gasteiger partial charge in [-0.05, 0) is 31.4 Å². The maximum atomic E-state index is 10.1. The van der Waals surface area contributed by atoms with Gasteiger partial charge in [-0.2, -0.15) is 11.8 Å². The zero-order chi connectivity index (χ0) is 13.1. The first-order valence-corrected chi connectivity index (χ1v) is 7.14. The van der Waals surface area contributed by atoms with E-state index in [2.05, 4.69) is 52.8 Å². The van der Waals surface area contributed by atoms with Crippen molar-refractivity contribution in [1.29, 1.82) is 0 Å². The molecule has 0 aliphatic carbocycles. The lowest BCUT2D eigenvalue weighted by atomic mass is 10.0. The maximum Gasteiger partial charge on any atom is 0.0671 e. The molecule has 0 saturated heterocycles. The maximum absolute atomic E-state index is 10.1. The lowest BCUT2D eigenvalue weighted by molar-refractivity contribution is 0.199. The highest BCUT2D eigenvalue weighted by Gasteiger charge is 2.15. The Kier molecular flexibility index (Phi) is 5.08. The van der Waals surface area contributed by atoms with E-state index in [0.29, 0.717) is 0 Å². The molecule has 17 heavy (non-hydrogen) atoms. The molecular formula is C15H24OS. The number of aliphatic hydroxyl groups is 1. The van der Waals surface area contributed by atoms with Gasteiger partial charge in [0.1, 0.15) is 0 Å². The summed E-state index contributed by atoms with van der Waals surface area (Å²) in [6.07, 6.45) is 0.510. The van der Waals surface area contributed by atoms with Crippen molar-refractivity contribution in [3.63, 3.8) is 0 Å². The Morgan fingerprint density at radius 3 is 2.47 bits per heavy atom. The van der Waals surface area contributed by atoms with Crippen molar-refractivity contribution < 1.29 is 5.11 Å². The first-order chi connectivity index (χ1) is 7.78. The number of hydrogen-bond acceptors (Lipinski definition) is 2. The lowest BCUT2D eigenvalue weighted by Gasteiger charge is -2.20. The number of thioether (sulfide) groups is 1. The predicted molar refractivity (Wildman–Crippen MR) is 77.8 cm³/mol. The Hall–Kier alpha value is -0.470. The molecule has 2 heteroatoms. The van der Waals surface area contributed by atoms with E-state index in [-0.39, 0.29) is 10.9 Å². The smallest absolute Gasteiger partial charge is 0.0671 e. The first-order valence-electron chi connectivity index (χ1n) is 6.16. The van der Waals surface area contributed by atoms with Crippen LogP contribution in [-0.2, 0) is 6.42 Å². The van der Waals surface area contributed by atoms with Crippen LogP contribution in [0.15, 0.2) is 18.2 Å². The molecule has 0 radical (unpaired) electrons. The average molecular weight is 252 g/mol. The summed E-state index contributed by atoms with van der Waals surface area (Å²) in [4.78, 5) is 0. The van der Waals surface area contributed by atoms with Crippen LogP contribution in [0.3, 0.4) is 0 Å². The molecule has 1 atom stereocenters. The van der Waals surface area contributed by atoms with Gasteiger partial charge in [-0.25, -0.2) is 0 Å². The summed E-state index contributed by atoms with van der Waals surface area (Å²) in [6.45, 7) is 10.8. The van der Waals surface area contributed by atoms with Crippen molar-refractivity contribution in [2.24, 2.45) is 0 Å². The molecular weight excluding hydrogens is 228 g/mol. The third-order valence-electron chi connectivity index (χ3n) is 2.67. The molecule has 0 bridgehead atoms. The monoisotopic (exact) mass is 252 g/mol. The van der Waals surface area contributed by atoms with Gasteiger partial charge >= 0.3 is 0 Å². The molecule has 1 nitrogen and oxygen atoms in total. The Labute approximate surface area is 110 Å². The molecule has 0 heterocycles. The van der Waals surface area contributed by atoms with E-state index in [1.807, 2.05) is 11.8 Å². The highest BCUT2D eigenvalue weighted by Crippen LogP contribution is 2.25. The standard InChI is InChI=1S/C15H24OS/c1-11-6-7-12(2)13(8-11)9-14(16)10-17-15(3,4)5/h6-8,14,16H,9-10H2,1-5H3. The van der Waals surface area contributed by atoms with Crippen molar-refractivity contribution in [2.45, 2.75) is 51.9 Å². The topological polar surface area (TPSA) is 20.2 Å². The zero-order valence-corrected chi connectivity index (χ0v) is 12.4. The number of rotatable bonds is 4. The summed E-state index contributed by atoms with van der Waals surface area (Å²) >= 11 is 1.82. The van der Waals surface area contributed by atoms with E-state index in [9.17, 15) is 5.11 Å². The molecule has 1 rings (SSSR count). The summed E-state index contributed by atoms with van der Waals surface area (Å²) in [5.74, 6) is 0.802. The second-order valence-corrected chi connectivity index (χ2v) is 7.56. The minimum atomic E-state index is -0.250. The van der Waals surface area contributed by atoms with Crippen molar-refractivity contribution in [1.82, 2.24) is 0 Å². The van der Waals surface area contributed by atoms with Crippen LogP contribution < -0.4 is 0 Å².